The van der Waals surface area contributed by atoms with E-state index >= 15 is 0 Å². The second kappa shape index (κ2) is 15.7. The molecule has 11 nitrogen and oxygen atoms in total. The fourth-order valence-corrected chi connectivity index (χ4v) is 3.74. The van der Waals surface area contributed by atoms with Gasteiger partial charge in [-0.1, -0.05) is 23.7 Å². The number of rotatable bonds is 13. The van der Waals surface area contributed by atoms with Crippen molar-refractivity contribution in [2.75, 3.05) is 39.3 Å². The van der Waals surface area contributed by atoms with Crippen LogP contribution in [0, 0.1) is 0 Å². The maximum absolute atomic E-state index is 12.3. The number of methoxy groups -OCH3 is 2. The Hall–Kier alpha value is -4.77. The van der Waals surface area contributed by atoms with E-state index in [4.69, 9.17) is 30.5 Å². The van der Waals surface area contributed by atoms with Gasteiger partial charge >= 0.3 is 11.8 Å². The van der Waals surface area contributed by atoms with Crippen molar-refractivity contribution in [1.82, 2.24) is 10.7 Å². The zero-order chi connectivity index (χ0) is 29.6. The SMILES string of the molecule is CCOc1cc(/C=N\NC(=O)C(=O)NCCc2ccc(OC)c(OC)c2)ccc1OCC(=O)Nc1cccc(Cl)c1. The molecule has 0 saturated carbocycles. The highest BCUT2D eigenvalue weighted by Gasteiger charge is 2.13. The molecule has 12 heteroatoms. The number of amides is 3. The van der Waals surface area contributed by atoms with Gasteiger partial charge in [-0.25, -0.2) is 5.43 Å². The minimum atomic E-state index is -0.913. The zero-order valence-electron chi connectivity index (χ0n) is 22.9. The second-order valence-electron chi connectivity index (χ2n) is 8.38. The summed E-state index contributed by atoms with van der Waals surface area (Å²) in [7, 11) is 3.09. The van der Waals surface area contributed by atoms with Crippen molar-refractivity contribution < 1.29 is 33.3 Å². The number of carbonyl (C=O) groups excluding carboxylic acids is 3. The molecule has 3 amide bonds. The van der Waals surface area contributed by atoms with E-state index in [1.54, 1.807) is 75.7 Å². The zero-order valence-corrected chi connectivity index (χ0v) is 23.6. The number of nitrogens with zero attached hydrogens (tertiary/aromatic N) is 1. The predicted octanol–water partition coefficient (Wildman–Crippen LogP) is 3.58. The molecule has 3 N–H and O–H groups in total. The Bertz CT molecular complexity index is 1400. The molecule has 0 aromatic heterocycles. The van der Waals surface area contributed by atoms with Crippen molar-refractivity contribution in [3.63, 3.8) is 0 Å². The van der Waals surface area contributed by atoms with E-state index in [-0.39, 0.29) is 19.1 Å². The summed E-state index contributed by atoms with van der Waals surface area (Å²) in [6.07, 6.45) is 1.84. The van der Waals surface area contributed by atoms with Crippen molar-refractivity contribution in [3.05, 3.63) is 76.8 Å². The van der Waals surface area contributed by atoms with E-state index in [1.165, 1.54) is 6.21 Å². The minimum Gasteiger partial charge on any atom is -0.493 e. The van der Waals surface area contributed by atoms with Gasteiger partial charge in [0.05, 0.1) is 27.0 Å². The first-order valence-corrected chi connectivity index (χ1v) is 13.0. The maximum atomic E-state index is 12.3. The molecule has 41 heavy (non-hydrogen) atoms. The Morgan fingerprint density at radius 3 is 2.39 bits per heavy atom. The number of carbonyl (C=O) groups is 3. The molecule has 0 atom stereocenters. The lowest BCUT2D eigenvalue weighted by Crippen LogP contribution is -2.38. The highest BCUT2D eigenvalue weighted by atomic mass is 35.5. The topological polar surface area (TPSA) is 137 Å². The highest BCUT2D eigenvalue weighted by Crippen LogP contribution is 2.29. The molecule has 0 bridgehead atoms. The summed E-state index contributed by atoms with van der Waals surface area (Å²) in [6, 6.07) is 17.1. The summed E-state index contributed by atoms with van der Waals surface area (Å²) in [5.74, 6) is -0.193. The lowest BCUT2D eigenvalue weighted by molar-refractivity contribution is -0.139. The Morgan fingerprint density at radius 1 is 0.878 bits per heavy atom. The molecular weight excluding hydrogens is 552 g/mol. The molecule has 0 aliphatic heterocycles. The molecule has 0 aliphatic carbocycles. The van der Waals surface area contributed by atoms with Gasteiger partial charge in [-0.15, -0.1) is 0 Å². The normalized spacial score (nSPS) is 10.5. The van der Waals surface area contributed by atoms with Crippen LogP contribution in [0.5, 0.6) is 23.0 Å². The quantitative estimate of drug-likeness (QED) is 0.159. The predicted molar refractivity (Wildman–Crippen MR) is 155 cm³/mol. The standard InChI is InChI=1S/C29H31ClN4O7/c1-4-40-26-15-20(9-11-24(26)41-18-27(35)33-22-7-5-6-21(30)16-22)17-32-34-29(37)28(36)31-13-12-19-8-10-23(38-2)25(14-19)39-3/h5-11,14-17H,4,12-13,18H2,1-3H3,(H,31,36)(H,33,35)(H,34,37)/b32-17-. The van der Waals surface area contributed by atoms with Crippen LogP contribution in [0.15, 0.2) is 65.8 Å². The molecule has 0 spiro atoms. The fraction of sp³-hybridized carbons (Fsp3) is 0.241. The van der Waals surface area contributed by atoms with E-state index in [0.717, 1.165) is 5.56 Å². The number of ether oxygens (including phenoxy) is 4. The first kappa shape index (κ1) is 30.8. The van der Waals surface area contributed by atoms with Gasteiger partial charge in [0.2, 0.25) is 0 Å². The molecule has 0 fully saturated rings. The summed E-state index contributed by atoms with van der Waals surface area (Å²) < 4.78 is 21.7. The van der Waals surface area contributed by atoms with Crippen LogP contribution in [0.2, 0.25) is 5.02 Å². The number of hydrogen-bond acceptors (Lipinski definition) is 8. The Labute approximate surface area is 242 Å². The summed E-state index contributed by atoms with van der Waals surface area (Å²) >= 11 is 5.94. The fourth-order valence-electron chi connectivity index (χ4n) is 3.55. The van der Waals surface area contributed by atoms with Crippen molar-refractivity contribution in [3.8, 4) is 23.0 Å². The van der Waals surface area contributed by atoms with Gasteiger partial charge in [0.1, 0.15) is 0 Å². The third kappa shape index (κ3) is 9.73. The van der Waals surface area contributed by atoms with Crippen LogP contribution >= 0.6 is 11.6 Å². The summed E-state index contributed by atoms with van der Waals surface area (Å²) in [6.45, 7) is 2.14. The van der Waals surface area contributed by atoms with Crippen LogP contribution in [-0.2, 0) is 20.8 Å². The van der Waals surface area contributed by atoms with Crippen molar-refractivity contribution in [2.45, 2.75) is 13.3 Å². The molecular formula is C29H31ClN4O7. The van der Waals surface area contributed by atoms with Gasteiger partial charge in [-0.2, -0.15) is 5.10 Å². The number of hydrogen-bond donors (Lipinski definition) is 3. The summed E-state index contributed by atoms with van der Waals surface area (Å²) in [5.41, 5.74) is 4.22. The molecule has 3 aromatic rings. The van der Waals surface area contributed by atoms with E-state index in [0.29, 0.717) is 52.3 Å². The van der Waals surface area contributed by atoms with Crippen LogP contribution < -0.4 is 35.0 Å². The summed E-state index contributed by atoms with van der Waals surface area (Å²) in [5, 5.41) is 9.59. The van der Waals surface area contributed by atoms with Crippen molar-refractivity contribution in [1.29, 1.82) is 0 Å². The largest absolute Gasteiger partial charge is 0.493 e. The summed E-state index contributed by atoms with van der Waals surface area (Å²) in [4.78, 5) is 36.5. The van der Waals surface area contributed by atoms with Crippen molar-refractivity contribution in [2.24, 2.45) is 5.10 Å². The van der Waals surface area contributed by atoms with E-state index in [1.807, 2.05) is 6.07 Å². The van der Waals surface area contributed by atoms with Crippen LogP contribution in [0.1, 0.15) is 18.1 Å². The minimum absolute atomic E-state index is 0.238. The van der Waals surface area contributed by atoms with Gasteiger partial charge in [0, 0.05) is 17.3 Å². The average Bonchev–Trinajstić information content (AvgIpc) is 2.96. The Morgan fingerprint density at radius 2 is 1.66 bits per heavy atom. The van der Waals surface area contributed by atoms with Gasteiger partial charge in [0.25, 0.3) is 5.91 Å². The number of halogens is 1. The molecule has 216 valence electrons. The van der Waals surface area contributed by atoms with Gasteiger partial charge in [-0.3, -0.25) is 14.4 Å². The van der Waals surface area contributed by atoms with Crippen LogP contribution in [-0.4, -0.2) is 57.9 Å². The smallest absolute Gasteiger partial charge is 0.329 e. The lowest BCUT2D eigenvalue weighted by Gasteiger charge is -2.12. The molecule has 0 unspecified atom stereocenters. The van der Waals surface area contributed by atoms with Crippen LogP contribution in [0.25, 0.3) is 0 Å². The van der Waals surface area contributed by atoms with Crippen LogP contribution in [0.4, 0.5) is 5.69 Å². The molecule has 0 aliphatic rings. The molecule has 3 rings (SSSR count). The monoisotopic (exact) mass is 582 g/mol. The van der Waals surface area contributed by atoms with Gasteiger partial charge in [0.15, 0.2) is 29.6 Å². The number of nitrogens with one attached hydrogen (secondary N) is 3. The van der Waals surface area contributed by atoms with Crippen molar-refractivity contribution >= 4 is 41.2 Å². The second-order valence-corrected chi connectivity index (χ2v) is 8.82. The molecule has 3 aromatic carbocycles. The first-order valence-electron chi connectivity index (χ1n) is 12.6. The Balaban J connectivity index is 1.48. The molecule has 0 saturated heterocycles. The number of hydrazone groups is 1. The van der Waals surface area contributed by atoms with E-state index in [9.17, 15) is 14.4 Å². The lowest BCUT2D eigenvalue weighted by atomic mass is 10.1. The third-order valence-corrected chi connectivity index (χ3v) is 5.70. The van der Waals surface area contributed by atoms with E-state index in [2.05, 4.69) is 21.2 Å². The maximum Gasteiger partial charge on any atom is 0.329 e. The number of anilines is 1. The highest BCUT2D eigenvalue weighted by molar-refractivity contribution is 6.35. The first-order chi connectivity index (χ1) is 19.8. The van der Waals surface area contributed by atoms with E-state index < -0.39 is 11.8 Å². The van der Waals surface area contributed by atoms with Gasteiger partial charge < -0.3 is 29.6 Å². The molecule has 0 heterocycles. The van der Waals surface area contributed by atoms with Gasteiger partial charge in [-0.05, 0) is 73.0 Å². The van der Waals surface area contributed by atoms with Crippen LogP contribution in [0.3, 0.4) is 0 Å². The third-order valence-electron chi connectivity index (χ3n) is 5.47. The number of benzene rings is 3. The average molecular weight is 583 g/mol. The Kier molecular flexibility index (Phi) is 11.8. The molecule has 0 radical (unpaired) electrons.